The number of hydrogen-bond donors (Lipinski definition) is 3. The topological polar surface area (TPSA) is 79.5 Å². The molecule has 0 radical (unpaired) electrons. The Balaban J connectivity index is 2.17. The number of amides is 3. The molecule has 0 aliphatic heterocycles. The van der Waals surface area contributed by atoms with Gasteiger partial charge in [-0.25, -0.2) is 4.79 Å². The fraction of sp³-hybridized carbons (Fsp3) is 0.300. The van der Waals surface area contributed by atoms with E-state index in [9.17, 15) is 22.8 Å². The van der Waals surface area contributed by atoms with Crippen molar-refractivity contribution in [2.45, 2.75) is 39.6 Å². The van der Waals surface area contributed by atoms with Crippen LogP contribution in [0.4, 0.5) is 29.3 Å². The lowest BCUT2D eigenvalue weighted by atomic mass is 10.1. The Hall–Kier alpha value is -3.23. The zero-order valence-corrected chi connectivity index (χ0v) is 16.4. The van der Waals surface area contributed by atoms with E-state index in [2.05, 4.69) is 20.7 Å². The summed E-state index contributed by atoms with van der Waals surface area (Å²) in [7, 11) is 0. The zero-order chi connectivity index (χ0) is 21.8. The number of para-hydroxylation sites is 1. The summed E-state index contributed by atoms with van der Waals surface area (Å²) in [5, 5.41) is 8.13. The molecule has 0 spiro atoms. The van der Waals surface area contributed by atoms with E-state index in [1.54, 1.807) is 25.1 Å². The molecule has 0 unspecified atom stereocenters. The minimum Gasteiger partial charge on any atom is -0.406 e. The van der Waals surface area contributed by atoms with E-state index in [4.69, 9.17) is 0 Å². The van der Waals surface area contributed by atoms with Gasteiger partial charge in [-0.2, -0.15) is 0 Å². The minimum absolute atomic E-state index is 0.132. The fourth-order valence-corrected chi connectivity index (χ4v) is 2.43. The molecule has 0 saturated carbocycles. The molecule has 2 rings (SSSR count). The minimum atomic E-state index is -4.81. The molecule has 0 aliphatic rings. The Kier molecular flexibility index (Phi) is 6.41. The van der Waals surface area contributed by atoms with Crippen molar-refractivity contribution in [3.63, 3.8) is 0 Å². The highest BCUT2D eigenvalue weighted by Crippen LogP contribution is 2.27. The Morgan fingerprint density at radius 1 is 0.931 bits per heavy atom. The zero-order valence-electron chi connectivity index (χ0n) is 16.4. The van der Waals surface area contributed by atoms with Crippen LogP contribution in [0, 0.1) is 6.92 Å². The van der Waals surface area contributed by atoms with Gasteiger partial charge in [-0.1, -0.05) is 12.1 Å². The summed E-state index contributed by atoms with van der Waals surface area (Å²) in [6.07, 6.45) is -4.81. The predicted molar refractivity (Wildman–Crippen MR) is 104 cm³/mol. The number of benzene rings is 2. The molecule has 2 aromatic carbocycles. The molecule has 156 valence electrons. The van der Waals surface area contributed by atoms with E-state index in [0.29, 0.717) is 16.9 Å². The van der Waals surface area contributed by atoms with Gasteiger partial charge in [0.15, 0.2) is 0 Å². The maximum atomic E-state index is 12.5. The van der Waals surface area contributed by atoms with Crippen LogP contribution >= 0.6 is 0 Å². The number of alkyl halides is 3. The lowest BCUT2D eigenvalue weighted by Gasteiger charge is -2.22. The molecule has 0 fully saturated rings. The summed E-state index contributed by atoms with van der Waals surface area (Å²) in [6, 6.07) is 9.20. The third-order valence-corrected chi connectivity index (χ3v) is 3.60. The second-order valence-electron chi connectivity index (χ2n) is 7.35. The molecule has 3 amide bonds. The van der Waals surface area contributed by atoms with Gasteiger partial charge in [-0.05, 0) is 63.6 Å². The van der Waals surface area contributed by atoms with E-state index >= 15 is 0 Å². The first-order valence-corrected chi connectivity index (χ1v) is 8.70. The van der Waals surface area contributed by atoms with Crippen molar-refractivity contribution in [3.8, 4) is 5.75 Å². The summed E-state index contributed by atoms with van der Waals surface area (Å²) < 4.78 is 40.5. The Morgan fingerprint density at radius 2 is 1.55 bits per heavy atom. The number of aryl methyl sites for hydroxylation is 1. The van der Waals surface area contributed by atoms with E-state index in [1.165, 1.54) is 12.1 Å². The summed E-state index contributed by atoms with van der Waals surface area (Å²) in [5.41, 5.74) is 1.16. The van der Waals surface area contributed by atoms with E-state index < -0.39 is 29.6 Å². The highest BCUT2D eigenvalue weighted by molar-refractivity contribution is 6.07. The molecular formula is C20H22F3N3O3. The largest absolute Gasteiger partial charge is 0.573 e. The standard InChI is InChI=1S/C20H22F3N3O3/c1-12-6-5-7-15(24-18(28)26-19(2,3)4)16(12)25-17(27)13-8-10-14(11-9-13)29-20(21,22)23/h5-11H,1-4H3,(H,25,27)(H2,24,26,28). The second kappa shape index (κ2) is 8.42. The number of anilines is 2. The SMILES string of the molecule is Cc1cccc(NC(=O)NC(C)(C)C)c1NC(=O)c1ccc(OC(F)(F)F)cc1. The quantitative estimate of drug-likeness (QED) is 0.660. The van der Waals surface area contributed by atoms with Crippen molar-refractivity contribution >= 4 is 23.3 Å². The van der Waals surface area contributed by atoms with Crippen LogP contribution in [0.1, 0.15) is 36.7 Å². The summed E-state index contributed by atoms with van der Waals surface area (Å²) in [4.78, 5) is 24.7. The average Bonchev–Trinajstić information content (AvgIpc) is 2.55. The molecule has 2 aromatic rings. The fourth-order valence-electron chi connectivity index (χ4n) is 2.43. The van der Waals surface area contributed by atoms with Crippen LogP contribution in [0.3, 0.4) is 0 Å². The molecule has 0 saturated heterocycles. The third-order valence-electron chi connectivity index (χ3n) is 3.60. The van der Waals surface area contributed by atoms with Gasteiger partial charge < -0.3 is 20.7 Å². The van der Waals surface area contributed by atoms with Crippen molar-refractivity contribution in [3.05, 3.63) is 53.6 Å². The Bertz CT molecular complexity index is 889. The van der Waals surface area contributed by atoms with Crippen molar-refractivity contribution in [1.29, 1.82) is 0 Å². The van der Waals surface area contributed by atoms with Crippen LogP contribution in [0.2, 0.25) is 0 Å². The molecule has 0 aromatic heterocycles. The number of rotatable bonds is 4. The number of ether oxygens (including phenoxy) is 1. The lowest BCUT2D eigenvalue weighted by Crippen LogP contribution is -2.43. The molecule has 0 heterocycles. The summed E-state index contributed by atoms with van der Waals surface area (Å²) >= 11 is 0. The van der Waals surface area contributed by atoms with Crippen LogP contribution in [0.15, 0.2) is 42.5 Å². The highest BCUT2D eigenvalue weighted by atomic mass is 19.4. The van der Waals surface area contributed by atoms with E-state index in [1.807, 2.05) is 20.8 Å². The normalized spacial score (nSPS) is 11.6. The Morgan fingerprint density at radius 3 is 2.10 bits per heavy atom. The first-order chi connectivity index (χ1) is 13.3. The first kappa shape index (κ1) is 22.1. The number of halogens is 3. The van der Waals surface area contributed by atoms with Crippen molar-refractivity contribution in [2.24, 2.45) is 0 Å². The third kappa shape index (κ3) is 7.02. The van der Waals surface area contributed by atoms with Crippen molar-refractivity contribution in [1.82, 2.24) is 5.32 Å². The van der Waals surface area contributed by atoms with Gasteiger partial charge in [0.2, 0.25) is 0 Å². The molecule has 0 atom stereocenters. The average molecular weight is 409 g/mol. The first-order valence-electron chi connectivity index (χ1n) is 8.70. The van der Waals surface area contributed by atoms with Gasteiger partial charge in [0.05, 0.1) is 11.4 Å². The van der Waals surface area contributed by atoms with Gasteiger partial charge in [-0.3, -0.25) is 4.79 Å². The van der Waals surface area contributed by atoms with Crippen LogP contribution < -0.4 is 20.7 Å². The number of hydrogen-bond acceptors (Lipinski definition) is 3. The Labute approximate surface area is 166 Å². The predicted octanol–water partition coefficient (Wildman–Crippen LogP) is 5.07. The number of carbonyl (C=O) groups excluding carboxylic acids is 2. The van der Waals surface area contributed by atoms with Gasteiger partial charge in [0.25, 0.3) is 5.91 Å². The van der Waals surface area contributed by atoms with Crippen LogP contribution in [0.25, 0.3) is 0 Å². The maximum absolute atomic E-state index is 12.5. The van der Waals surface area contributed by atoms with Gasteiger partial charge in [0, 0.05) is 11.1 Å². The lowest BCUT2D eigenvalue weighted by molar-refractivity contribution is -0.274. The molecule has 6 nitrogen and oxygen atoms in total. The van der Waals surface area contributed by atoms with Crippen molar-refractivity contribution in [2.75, 3.05) is 10.6 Å². The number of carbonyl (C=O) groups is 2. The van der Waals surface area contributed by atoms with Crippen LogP contribution in [-0.2, 0) is 0 Å². The number of nitrogens with one attached hydrogen (secondary N) is 3. The molecule has 9 heteroatoms. The number of urea groups is 1. The molecular weight excluding hydrogens is 387 g/mol. The monoisotopic (exact) mass is 409 g/mol. The smallest absolute Gasteiger partial charge is 0.406 e. The summed E-state index contributed by atoms with van der Waals surface area (Å²) in [5.74, 6) is -0.969. The highest BCUT2D eigenvalue weighted by Gasteiger charge is 2.31. The molecule has 3 N–H and O–H groups in total. The van der Waals surface area contributed by atoms with Gasteiger partial charge in [-0.15, -0.1) is 13.2 Å². The second-order valence-corrected chi connectivity index (χ2v) is 7.35. The van der Waals surface area contributed by atoms with E-state index in [0.717, 1.165) is 12.1 Å². The van der Waals surface area contributed by atoms with Crippen molar-refractivity contribution < 1.29 is 27.5 Å². The summed E-state index contributed by atoms with van der Waals surface area (Å²) in [6.45, 7) is 7.25. The molecule has 29 heavy (non-hydrogen) atoms. The maximum Gasteiger partial charge on any atom is 0.573 e. The molecule has 0 aliphatic carbocycles. The van der Waals surface area contributed by atoms with Gasteiger partial charge in [0.1, 0.15) is 5.75 Å². The van der Waals surface area contributed by atoms with Gasteiger partial charge >= 0.3 is 12.4 Å². The van der Waals surface area contributed by atoms with Crippen LogP contribution in [0.5, 0.6) is 5.75 Å². The molecule has 0 bridgehead atoms. The van der Waals surface area contributed by atoms with Crippen LogP contribution in [-0.4, -0.2) is 23.8 Å². The van der Waals surface area contributed by atoms with E-state index in [-0.39, 0.29) is 5.56 Å².